The molecule has 26 heavy (non-hydrogen) atoms. The number of carbonyl (C=O) groups excluding carboxylic acids is 1. The molecule has 1 aromatic carbocycles. The van der Waals surface area contributed by atoms with Gasteiger partial charge in [-0.3, -0.25) is 4.79 Å². The Hall–Kier alpha value is -2.20. The zero-order valence-corrected chi connectivity index (χ0v) is 15.0. The second kappa shape index (κ2) is 8.45. The summed E-state index contributed by atoms with van der Waals surface area (Å²) in [6.45, 7) is 0. The van der Waals surface area contributed by atoms with E-state index in [0.717, 1.165) is 50.4 Å². The highest BCUT2D eigenvalue weighted by molar-refractivity contribution is 6.31. The molecule has 1 saturated carbocycles. The summed E-state index contributed by atoms with van der Waals surface area (Å²) >= 11 is 5.57. The molecule has 0 radical (unpaired) electrons. The van der Waals surface area contributed by atoms with E-state index >= 15 is 0 Å². The minimum Gasteiger partial charge on any atom is -0.360 e. The van der Waals surface area contributed by atoms with Gasteiger partial charge in [-0.25, -0.2) is 0 Å². The fraction of sp³-hybridized carbons (Fsp3) is 0.444. The Labute approximate surface area is 155 Å². The molecular weight excluding hydrogens is 367 g/mol. The molecule has 1 amide bonds. The highest BCUT2D eigenvalue weighted by atomic mass is 35.5. The van der Waals surface area contributed by atoms with Crippen LogP contribution in [-0.2, 0) is 11.0 Å². The maximum atomic E-state index is 12.9. The lowest BCUT2D eigenvalue weighted by molar-refractivity contribution is -0.137. The standard InChI is InChI=1S/C18H19ClF3N3O/c1-25(14-5-3-2-4-6-14)17(26)12(10-23)11-24-13-7-8-16(19)15(9-13)18(20,21)22/h7-9,11,14,24H,2-6H2,1H3/b12-11-. The Morgan fingerprint density at radius 3 is 2.58 bits per heavy atom. The quantitative estimate of drug-likeness (QED) is 0.588. The molecule has 0 atom stereocenters. The first-order valence-corrected chi connectivity index (χ1v) is 8.62. The number of nitriles is 1. The van der Waals surface area contributed by atoms with Crippen LogP contribution in [0.4, 0.5) is 18.9 Å². The van der Waals surface area contributed by atoms with Crippen LogP contribution in [0, 0.1) is 11.3 Å². The van der Waals surface area contributed by atoms with Gasteiger partial charge in [0, 0.05) is 25.0 Å². The van der Waals surface area contributed by atoms with Crippen LogP contribution < -0.4 is 5.32 Å². The molecule has 1 aromatic rings. The van der Waals surface area contributed by atoms with Crippen LogP contribution in [0.25, 0.3) is 0 Å². The summed E-state index contributed by atoms with van der Waals surface area (Å²) in [6, 6.07) is 5.19. The van der Waals surface area contributed by atoms with Gasteiger partial charge in [-0.15, -0.1) is 0 Å². The summed E-state index contributed by atoms with van der Waals surface area (Å²) in [6.07, 6.45) is 1.53. The van der Waals surface area contributed by atoms with E-state index in [9.17, 15) is 23.2 Å². The van der Waals surface area contributed by atoms with Crippen molar-refractivity contribution in [1.82, 2.24) is 4.90 Å². The largest absolute Gasteiger partial charge is 0.417 e. The molecule has 0 heterocycles. The van der Waals surface area contributed by atoms with Crippen LogP contribution in [0.2, 0.25) is 5.02 Å². The van der Waals surface area contributed by atoms with Gasteiger partial charge >= 0.3 is 6.18 Å². The smallest absolute Gasteiger partial charge is 0.360 e. The van der Waals surface area contributed by atoms with Gasteiger partial charge in [-0.1, -0.05) is 30.9 Å². The molecule has 1 aliphatic rings. The van der Waals surface area contributed by atoms with Gasteiger partial charge in [0.1, 0.15) is 11.6 Å². The number of benzene rings is 1. The third kappa shape index (κ3) is 4.92. The lowest BCUT2D eigenvalue weighted by Gasteiger charge is -2.31. The van der Waals surface area contributed by atoms with E-state index in [-0.39, 0.29) is 17.3 Å². The van der Waals surface area contributed by atoms with E-state index in [1.807, 2.05) is 6.07 Å². The first-order chi connectivity index (χ1) is 12.2. The van der Waals surface area contributed by atoms with E-state index in [0.29, 0.717) is 0 Å². The van der Waals surface area contributed by atoms with Gasteiger partial charge in [0.25, 0.3) is 5.91 Å². The van der Waals surface area contributed by atoms with Crippen molar-refractivity contribution in [2.75, 3.05) is 12.4 Å². The molecule has 140 valence electrons. The van der Waals surface area contributed by atoms with Crippen molar-refractivity contribution in [3.8, 4) is 6.07 Å². The molecule has 4 nitrogen and oxygen atoms in total. The summed E-state index contributed by atoms with van der Waals surface area (Å²) in [7, 11) is 1.65. The lowest BCUT2D eigenvalue weighted by Crippen LogP contribution is -2.39. The average Bonchev–Trinajstić information content (AvgIpc) is 2.62. The lowest BCUT2D eigenvalue weighted by atomic mass is 9.94. The number of nitrogens with zero attached hydrogens (tertiary/aromatic N) is 2. The maximum Gasteiger partial charge on any atom is 0.417 e. The zero-order chi connectivity index (χ0) is 19.3. The second-order valence-corrected chi connectivity index (χ2v) is 6.62. The van der Waals surface area contributed by atoms with Crippen LogP contribution >= 0.6 is 11.6 Å². The predicted molar refractivity (Wildman–Crippen MR) is 93.4 cm³/mol. The minimum absolute atomic E-state index is 0.0837. The van der Waals surface area contributed by atoms with E-state index in [2.05, 4.69) is 5.32 Å². The summed E-state index contributed by atoms with van der Waals surface area (Å²) < 4.78 is 38.7. The number of rotatable bonds is 4. The fourth-order valence-corrected chi connectivity index (χ4v) is 3.18. The Morgan fingerprint density at radius 2 is 2.00 bits per heavy atom. The Balaban J connectivity index is 2.14. The third-order valence-corrected chi connectivity index (χ3v) is 4.78. The van der Waals surface area contributed by atoms with Gasteiger partial charge < -0.3 is 10.2 Å². The van der Waals surface area contributed by atoms with Crippen molar-refractivity contribution in [3.63, 3.8) is 0 Å². The van der Waals surface area contributed by atoms with Crippen molar-refractivity contribution < 1.29 is 18.0 Å². The number of amides is 1. The minimum atomic E-state index is -4.59. The van der Waals surface area contributed by atoms with Gasteiger partial charge in [0.05, 0.1) is 10.6 Å². The molecule has 0 aliphatic heterocycles. The number of nitrogens with one attached hydrogen (secondary N) is 1. The van der Waals surface area contributed by atoms with Crippen molar-refractivity contribution in [2.45, 2.75) is 44.3 Å². The number of hydrogen-bond donors (Lipinski definition) is 1. The zero-order valence-electron chi connectivity index (χ0n) is 14.2. The van der Waals surface area contributed by atoms with E-state index < -0.39 is 22.7 Å². The highest BCUT2D eigenvalue weighted by Crippen LogP contribution is 2.36. The topological polar surface area (TPSA) is 56.1 Å². The Morgan fingerprint density at radius 1 is 1.35 bits per heavy atom. The number of hydrogen-bond acceptors (Lipinski definition) is 3. The molecule has 0 saturated heterocycles. The average molecular weight is 386 g/mol. The molecule has 0 unspecified atom stereocenters. The van der Waals surface area contributed by atoms with Gasteiger partial charge in [-0.05, 0) is 31.0 Å². The molecule has 1 fully saturated rings. The normalized spacial score (nSPS) is 16.1. The van der Waals surface area contributed by atoms with Crippen molar-refractivity contribution >= 4 is 23.2 Å². The highest BCUT2D eigenvalue weighted by Gasteiger charge is 2.33. The first-order valence-electron chi connectivity index (χ1n) is 8.24. The van der Waals surface area contributed by atoms with Gasteiger partial charge in [0.2, 0.25) is 0 Å². The fourth-order valence-electron chi connectivity index (χ4n) is 2.95. The monoisotopic (exact) mass is 385 g/mol. The van der Waals surface area contributed by atoms with Crippen LogP contribution in [-0.4, -0.2) is 23.9 Å². The number of alkyl halides is 3. The number of carbonyl (C=O) groups is 1. The van der Waals surface area contributed by atoms with Crippen LogP contribution in [0.1, 0.15) is 37.7 Å². The number of anilines is 1. The predicted octanol–water partition coefficient (Wildman–Crippen LogP) is 4.97. The Kier molecular flexibility index (Phi) is 6.54. The van der Waals surface area contributed by atoms with E-state index in [1.165, 1.54) is 6.07 Å². The van der Waals surface area contributed by atoms with Gasteiger partial charge in [0.15, 0.2) is 0 Å². The molecule has 2 rings (SSSR count). The molecular formula is C18H19ClF3N3O. The molecule has 0 aromatic heterocycles. The SMILES string of the molecule is CN(C(=O)/C(C#N)=C\Nc1ccc(Cl)c(C(F)(F)F)c1)C1CCCCC1. The van der Waals surface area contributed by atoms with Crippen LogP contribution in [0.15, 0.2) is 30.0 Å². The second-order valence-electron chi connectivity index (χ2n) is 6.21. The van der Waals surface area contributed by atoms with Crippen molar-refractivity contribution in [1.29, 1.82) is 5.26 Å². The first kappa shape index (κ1) is 20.1. The summed E-state index contributed by atoms with van der Waals surface area (Å²) in [5.74, 6) is -0.447. The summed E-state index contributed by atoms with van der Waals surface area (Å²) in [4.78, 5) is 14.0. The van der Waals surface area contributed by atoms with Crippen LogP contribution in [0.3, 0.4) is 0 Å². The molecule has 1 N–H and O–H groups in total. The number of likely N-dealkylation sites (N-methyl/N-ethyl adjacent to an activating group) is 1. The molecule has 0 spiro atoms. The van der Waals surface area contributed by atoms with Gasteiger partial charge in [-0.2, -0.15) is 18.4 Å². The maximum absolute atomic E-state index is 12.9. The molecule has 1 aliphatic carbocycles. The van der Waals surface area contributed by atoms with E-state index in [1.54, 1.807) is 11.9 Å². The third-order valence-electron chi connectivity index (χ3n) is 4.45. The summed E-state index contributed by atoms with van der Waals surface area (Å²) in [5, 5.41) is 11.4. The molecule has 8 heteroatoms. The summed E-state index contributed by atoms with van der Waals surface area (Å²) in [5.41, 5.74) is -1.06. The van der Waals surface area contributed by atoms with Crippen LogP contribution in [0.5, 0.6) is 0 Å². The van der Waals surface area contributed by atoms with Crippen molar-refractivity contribution in [3.05, 3.63) is 40.6 Å². The Bertz CT molecular complexity index is 734. The number of halogens is 4. The van der Waals surface area contributed by atoms with E-state index in [4.69, 9.17) is 11.6 Å². The van der Waals surface area contributed by atoms with Crippen molar-refractivity contribution in [2.24, 2.45) is 0 Å². The molecule has 0 bridgehead atoms.